The second-order valence-corrected chi connectivity index (χ2v) is 7.85. The molecule has 0 saturated heterocycles. The Morgan fingerprint density at radius 2 is 1.93 bits per heavy atom. The first kappa shape index (κ1) is 18.3. The van der Waals surface area contributed by atoms with Gasteiger partial charge >= 0.3 is 0 Å². The summed E-state index contributed by atoms with van der Waals surface area (Å²) in [6.07, 6.45) is 3.38. The molecule has 3 fully saturated rings. The maximum absolute atomic E-state index is 13.4. The van der Waals surface area contributed by atoms with Crippen molar-refractivity contribution in [3.8, 4) is 11.9 Å². The van der Waals surface area contributed by atoms with E-state index < -0.39 is 23.1 Å². The summed E-state index contributed by atoms with van der Waals surface area (Å²) >= 11 is 0. The van der Waals surface area contributed by atoms with Crippen LogP contribution in [0.15, 0.2) is 30.6 Å². The Balaban J connectivity index is 1.31. The molecule has 1 heterocycles. The van der Waals surface area contributed by atoms with Gasteiger partial charge in [0.25, 0.3) is 0 Å². The lowest BCUT2D eigenvalue weighted by molar-refractivity contribution is -0.218. The lowest BCUT2D eigenvalue weighted by atomic mass is 9.35. The molecule has 3 aliphatic carbocycles. The number of ether oxygens (including phenoxy) is 1. The van der Waals surface area contributed by atoms with Gasteiger partial charge in [0.15, 0.2) is 0 Å². The second-order valence-electron chi connectivity index (χ2n) is 7.85. The molecule has 5 rings (SSSR count). The van der Waals surface area contributed by atoms with E-state index in [1.165, 1.54) is 24.5 Å². The van der Waals surface area contributed by atoms with Crippen LogP contribution in [0.4, 0.5) is 8.78 Å². The van der Waals surface area contributed by atoms with Crippen molar-refractivity contribution in [1.82, 2.24) is 15.3 Å². The predicted molar refractivity (Wildman–Crippen MR) is 93.9 cm³/mol. The van der Waals surface area contributed by atoms with Crippen molar-refractivity contribution in [2.75, 3.05) is 6.61 Å². The number of hydrogen-bond donors (Lipinski definition) is 1. The molecule has 8 heteroatoms. The Morgan fingerprint density at radius 1 is 1.25 bits per heavy atom. The maximum atomic E-state index is 13.4. The SMILES string of the molecule is CC(NC(=O)C12CC(COc3cc(C#N)ncn3)(C1)C2)c1cc(F)cc(F)c1. The van der Waals surface area contributed by atoms with Crippen LogP contribution in [0.5, 0.6) is 5.88 Å². The van der Waals surface area contributed by atoms with E-state index in [1.54, 1.807) is 6.92 Å². The van der Waals surface area contributed by atoms with Gasteiger partial charge < -0.3 is 10.1 Å². The Morgan fingerprint density at radius 3 is 2.57 bits per heavy atom. The zero-order chi connectivity index (χ0) is 19.9. The zero-order valence-corrected chi connectivity index (χ0v) is 15.2. The molecule has 1 unspecified atom stereocenters. The van der Waals surface area contributed by atoms with Gasteiger partial charge in [0.05, 0.1) is 18.1 Å². The minimum atomic E-state index is -0.665. The molecule has 2 aromatic rings. The molecule has 1 amide bonds. The number of aromatic nitrogens is 2. The van der Waals surface area contributed by atoms with Crippen LogP contribution in [0.2, 0.25) is 0 Å². The van der Waals surface area contributed by atoms with Crippen LogP contribution < -0.4 is 10.1 Å². The first-order valence-electron chi connectivity index (χ1n) is 8.95. The minimum Gasteiger partial charge on any atom is -0.477 e. The number of halogens is 2. The van der Waals surface area contributed by atoms with E-state index in [4.69, 9.17) is 10.00 Å². The maximum Gasteiger partial charge on any atom is 0.226 e. The van der Waals surface area contributed by atoms with E-state index in [-0.39, 0.29) is 17.0 Å². The molecule has 6 nitrogen and oxygen atoms in total. The molecular formula is C20H18F2N4O2. The third kappa shape index (κ3) is 3.17. The number of amides is 1. The molecule has 144 valence electrons. The Labute approximate surface area is 160 Å². The number of rotatable bonds is 6. The number of carbonyl (C=O) groups is 1. The molecule has 0 radical (unpaired) electrons. The summed E-state index contributed by atoms with van der Waals surface area (Å²) < 4.78 is 32.4. The van der Waals surface area contributed by atoms with Gasteiger partial charge in [-0.3, -0.25) is 4.79 Å². The van der Waals surface area contributed by atoms with Crippen molar-refractivity contribution in [1.29, 1.82) is 5.26 Å². The standard InChI is InChI=1S/C20H18F2N4O2/c1-12(13-2-14(21)4-15(22)3-13)26-18(27)20-7-19(8-20,9-20)10-28-17-5-16(6-23)24-11-25-17/h2-5,11-12H,7-10H2,1H3,(H,26,27). The van der Waals surface area contributed by atoms with E-state index in [9.17, 15) is 13.6 Å². The average molecular weight is 384 g/mol. The fourth-order valence-electron chi connectivity index (χ4n) is 4.36. The lowest BCUT2D eigenvalue weighted by Gasteiger charge is -2.68. The molecular weight excluding hydrogens is 366 g/mol. The fourth-order valence-corrected chi connectivity index (χ4v) is 4.36. The van der Waals surface area contributed by atoms with Crippen molar-refractivity contribution < 1.29 is 18.3 Å². The molecule has 2 bridgehead atoms. The molecule has 1 aromatic heterocycles. The molecule has 1 N–H and O–H groups in total. The van der Waals surface area contributed by atoms with Crippen molar-refractivity contribution in [3.63, 3.8) is 0 Å². The fraction of sp³-hybridized carbons (Fsp3) is 0.400. The number of hydrogen-bond acceptors (Lipinski definition) is 5. The van der Waals surface area contributed by atoms with Crippen molar-refractivity contribution in [2.24, 2.45) is 10.8 Å². The highest BCUT2D eigenvalue weighted by Crippen LogP contribution is 2.73. The highest BCUT2D eigenvalue weighted by molar-refractivity contribution is 5.86. The minimum absolute atomic E-state index is 0.0523. The quantitative estimate of drug-likeness (QED) is 0.827. The normalized spacial score (nSPS) is 25.6. The van der Waals surface area contributed by atoms with Crippen LogP contribution in [0.25, 0.3) is 0 Å². The van der Waals surface area contributed by atoms with Gasteiger partial charge in [-0.2, -0.15) is 5.26 Å². The number of nitrogens with one attached hydrogen (secondary N) is 1. The highest BCUT2D eigenvalue weighted by atomic mass is 19.1. The molecule has 0 spiro atoms. The molecule has 3 aliphatic rings. The summed E-state index contributed by atoms with van der Waals surface area (Å²) in [5, 5.41) is 11.7. The van der Waals surface area contributed by atoms with Gasteiger partial charge in [-0.15, -0.1) is 0 Å². The topological polar surface area (TPSA) is 87.9 Å². The summed E-state index contributed by atoms with van der Waals surface area (Å²) in [4.78, 5) is 20.4. The molecule has 1 atom stereocenters. The van der Waals surface area contributed by atoms with Gasteiger partial charge in [-0.1, -0.05) is 0 Å². The summed E-state index contributed by atoms with van der Waals surface area (Å²) in [5.41, 5.74) is 0.157. The van der Waals surface area contributed by atoms with Crippen LogP contribution >= 0.6 is 0 Å². The van der Waals surface area contributed by atoms with E-state index in [1.807, 2.05) is 6.07 Å². The Kier molecular flexibility index (Phi) is 4.26. The third-order valence-corrected chi connectivity index (χ3v) is 5.64. The van der Waals surface area contributed by atoms with Crippen LogP contribution in [0.3, 0.4) is 0 Å². The third-order valence-electron chi connectivity index (χ3n) is 5.64. The molecule has 3 saturated carbocycles. The van der Waals surface area contributed by atoms with E-state index in [2.05, 4.69) is 15.3 Å². The number of benzene rings is 1. The first-order chi connectivity index (χ1) is 13.3. The second kappa shape index (κ2) is 6.51. The van der Waals surface area contributed by atoms with E-state index in [0.717, 1.165) is 6.07 Å². The smallest absolute Gasteiger partial charge is 0.226 e. The van der Waals surface area contributed by atoms with Gasteiger partial charge in [-0.05, 0) is 43.9 Å². The van der Waals surface area contributed by atoms with E-state index >= 15 is 0 Å². The monoisotopic (exact) mass is 384 g/mol. The van der Waals surface area contributed by atoms with Gasteiger partial charge in [-0.25, -0.2) is 18.7 Å². The summed E-state index contributed by atoms with van der Waals surface area (Å²) in [7, 11) is 0. The lowest BCUT2D eigenvalue weighted by Crippen LogP contribution is -2.69. The average Bonchev–Trinajstić information content (AvgIpc) is 2.58. The van der Waals surface area contributed by atoms with Crippen molar-refractivity contribution in [2.45, 2.75) is 32.2 Å². The van der Waals surface area contributed by atoms with Crippen LogP contribution in [0, 0.1) is 33.8 Å². The summed E-state index contributed by atoms with van der Waals surface area (Å²) in [6.45, 7) is 2.13. The number of nitriles is 1. The largest absolute Gasteiger partial charge is 0.477 e. The highest BCUT2D eigenvalue weighted by Gasteiger charge is 2.71. The van der Waals surface area contributed by atoms with Gasteiger partial charge in [0.1, 0.15) is 29.7 Å². The summed E-state index contributed by atoms with van der Waals surface area (Å²) in [6, 6.07) is 6.18. The predicted octanol–water partition coefficient (Wildman–Crippen LogP) is 3.05. The Hall–Kier alpha value is -3.08. The van der Waals surface area contributed by atoms with E-state index in [0.29, 0.717) is 37.3 Å². The van der Waals surface area contributed by atoms with Crippen LogP contribution in [-0.4, -0.2) is 22.5 Å². The Bertz CT molecular complexity index is 948. The summed E-state index contributed by atoms with van der Waals surface area (Å²) in [5.74, 6) is -1.08. The molecule has 0 aliphatic heterocycles. The van der Waals surface area contributed by atoms with Crippen molar-refractivity contribution >= 4 is 5.91 Å². The van der Waals surface area contributed by atoms with Gasteiger partial charge in [0.2, 0.25) is 11.8 Å². The zero-order valence-electron chi connectivity index (χ0n) is 15.2. The van der Waals surface area contributed by atoms with Crippen LogP contribution in [0.1, 0.15) is 43.5 Å². The van der Waals surface area contributed by atoms with Gasteiger partial charge in [0, 0.05) is 17.5 Å². The molecule has 1 aromatic carbocycles. The number of nitrogens with zero attached hydrogens (tertiary/aromatic N) is 3. The van der Waals surface area contributed by atoms with Crippen LogP contribution in [-0.2, 0) is 4.79 Å². The molecule has 28 heavy (non-hydrogen) atoms. The first-order valence-corrected chi connectivity index (χ1v) is 8.95. The van der Waals surface area contributed by atoms with Crippen molar-refractivity contribution in [3.05, 3.63) is 53.5 Å². The number of carbonyl (C=O) groups excluding carboxylic acids is 1.